The maximum atomic E-state index is 14.4. The molecule has 0 aliphatic carbocycles. The van der Waals surface area contributed by atoms with Crippen molar-refractivity contribution in [2.75, 3.05) is 24.5 Å². The Labute approximate surface area is 205 Å². The van der Waals surface area contributed by atoms with Crippen LogP contribution in [0.15, 0.2) is 48.5 Å². The summed E-state index contributed by atoms with van der Waals surface area (Å²) in [5.41, 5.74) is 0.259. The fourth-order valence-electron chi connectivity index (χ4n) is 4.51. The van der Waals surface area contributed by atoms with E-state index in [2.05, 4.69) is 9.88 Å². The van der Waals surface area contributed by atoms with Crippen LogP contribution in [0.3, 0.4) is 0 Å². The highest BCUT2D eigenvalue weighted by Gasteiger charge is 2.33. The number of piperidine rings is 1. The van der Waals surface area contributed by atoms with Gasteiger partial charge in [0.05, 0.1) is 23.4 Å². The van der Waals surface area contributed by atoms with Crippen LogP contribution < -0.4 is 9.64 Å². The molecule has 188 valence electrons. The van der Waals surface area contributed by atoms with Crippen molar-refractivity contribution in [1.82, 2.24) is 14.9 Å². The number of hydrogen-bond acceptors (Lipinski definition) is 5. The Morgan fingerprint density at radius 2 is 1.72 bits per heavy atom. The molecule has 3 aromatic rings. The lowest BCUT2D eigenvalue weighted by Crippen LogP contribution is -2.38. The largest absolute Gasteiger partial charge is 0.435 e. The van der Waals surface area contributed by atoms with Crippen LogP contribution in [-0.2, 0) is 19.1 Å². The molecule has 1 fully saturated rings. The Bertz CT molecular complexity index is 1280. The van der Waals surface area contributed by atoms with Crippen LogP contribution in [0.25, 0.3) is 0 Å². The monoisotopic (exact) mass is 500 g/mol. The lowest BCUT2D eigenvalue weighted by molar-refractivity contribution is -0.137. The van der Waals surface area contributed by atoms with Gasteiger partial charge >= 0.3 is 6.18 Å². The van der Waals surface area contributed by atoms with Gasteiger partial charge in [0.1, 0.15) is 0 Å². The highest BCUT2D eigenvalue weighted by atomic mass is 19.4. The van der Waals surface area contributed by atoms with E-state index < -0.39 is 23.5 Å². The minimum absolute atomic E-state index is 0.00989. The quantitative estimate of drug-likeness (QED) is 0.436. The summed E-state index contributed by atoms with van der Waals surface area (Å²) < 4.78 is 59.8. The Morgan fingerprint density at radius 1 is 0.944 bits per heavy atom. The van der Waals surface area contributed by atoms with Gasteiger partial charge in [-0.15, -0.1) is 0 Å². The van der Waals surface area contributed by atoms with E-state index in [9.17, 15) is 22.4 Å². The Balaban J connectivity index is 1.48. The zero-order valence-corrected chi connectivity index (χ0v) is 19.4. The zero-order chi connectivity index (χ0) is 25.3. The summed E-state index contributed by atoms with van der Waals surface area (Å²) >= 11 is 0. The third-order valence-electron chi connectivity index (χ3n) is 6.42. The number of carbonyl (C=O) groups excluding carboxylic acids is 1. The number of alkyl halides is 3. The lowest BCUT2D eigenvalue weighted by atomic mass is 10.0. The standard InChI is InChI=1S/C26H24F4N4O2/c27-20-9-2-3-10-22(20)36-23-19-16-34(24(35)17-7-6-8-18(15-17)26(28,29)30)14-11-21(19)31-25(32-23)33-12-4-1-5-13-33/h2-3,6-10,15H,1,4-5,11-14,16H2. The molecule has 36 heavy (non-hydrogen) atoms. The van der Waals surface area contributed by atoms with Gasteiger partial charge in [-0.05, 0) is 49.6 Å². The Hall–Kier alpha value is -3.69. The second-order valence-electron chi connectivity index (χ2n) is 8.89. The summed E-state index contributed by atoms with van der Waals surface area (Å²) in [4.78, 5) is 26.0. The molecule has 10 heteroatoms. The summed E-state index contributed by atoms with van der Waals surface area (Å²) in [5.74, 6) is -0.463. The molecule has 0 atom stereocenters. The Morgan fingerprint density at radius 3 is 2.47 bits per heavy atom. The average molecular weight is 500 g/mol. The molecule has 0 radical (unpaired) electrons. The van der Waals surface area contributed by atoms with Crippen molar-refractivity contribution in [3.05, 3.63) is 76.7 Å². The summed E-state index contributed by atoms with van der Waals surface area (Å²) in [6.07, 6.45) is -1.01. The number of nitrogens with zero attached hydrogens (tertiary/aromatic N) is 4. The summed E-state index contributed by atoms with van der Waals surface area (Å²) in [6, 6.07) is 10.3. The van der Waals surface area contributed by atoms with Gasteiger partial charge in [-0.2, -0.15) is 18.2 Å². The van der Waals surface area contributed by atoms with Crippen LogP contribution in [0.5, 0.6) is 11.6 Å². The van der Waals surface area contributed by atoms with Crippen molar-refractivity contribution in [3.63, 3.8) is 0 Å². The number of benzene rings is 2. The van der Waals surface area contributed by atoms with E-state index in [0.29, 0.717) is 23.6 Å². The summed E-state index contributed by atoms with van der Waals surface area (Å²) in [7, 11) is 0. The number of rotatable bonds is 4. The molecular formula is C26H24F4N4O2. The molecule has 0 bridgehead atoms. The highest BCUT2D eigenvalue weighted by molar-refractivity contribution is 5.94. The van der Waals surface area contributed by atoms with Crippen LogP contribution in [0.4, 0.5) is 23.5 Å². The van der Waals surface area contributed by atoms with Crippen LogP contribution in [0.2, 0.25) is 0 Å². The number of para-hydroxylation sites is 1. The molecule has 0 N–H and O–H groups in total. The number of hydrogen-bond donors (Lipinski definition) is 0. The minimum atomic E-state index is -4.55. The first-order chi connectivity index (χ1) is 17.3. The minimum Gasteiger partial charge on any atom is -0.435 e. The molecule has 3 heterocycles. The predicted octanol–water partition coefficient (Wildman–Crippen LogP) is 5.62. The molecule has 2 aliphatic heterocycles. The fourth-order valence-corrected chi connectivity index (χ4v) is 4.51. The van der Waals surface area contributed by atoms with Crippen molar-refractivity contribution in [2.45, 2.75) is 38.4 Å². The molecule has 0 saturated carbocycles. The first kappa shape index (κ1) is 24.0. The molecule has 2 aromatic carbocycles. The van der Waals surface area contributed by atoms with Gasteiger partial charge in [0.2, 0.25) is 11.8 Å². The molecule has 1 amide bonds. The molecule has 6 nitrogen and oxygen atoms in total. The van der Waals surface area contributed by atoms with E-state index in [1.165, 1.54) is 29.2 Å². The highest BCUT2D eigenvalue weighted by Crippen LogP contribution is 2.34. The third kappa shape index (κ3) is 4.98. The first-order valence-electron chi connectivity index (χ1n) is 11.8. The van der Waals surface area contributed by atoms with Gasteiger partial charge in [0.25, 0.3) is 5.91 Å². The van der Waals surface area contributed by atoms with E-state index in [1.54, 1.807) is 12.1 Å². The summed E-state index contributed by atoms with van der Waals surface area (Å²) in [6.45, 7) is 1.92. The van der Waals surface area contributed by atoms with E-state index in [0.717, 1.165) is 44.5 Å². The van der Waals surface area contributed by atoms with Crippen LogP contribution in [0, 0.1) is 5.82 Å². The van der Waals surface area contributed by atoms with Crippen LogP contribution >= 0.6 is 0 Å². The normalized spacial score (nSPS) is 16.0. The van der Waals surface area contributed by atoms with E-state index >= 15 is 0 Å². The van der Waals surface area contributed by atoms with Crippen LogP contribution in [0.1, 0.15) is 46.4 Å². The van der Waals surface area contributed by atoms with Gasteiger partial charge in [0.15, 0.2) is 11.6 Å². The predicted molar refractivity (Wildman–Crippen MR) is 124 cm³/mol. The molecule has 1 aromatic heterocycles. The van der Waals surface area contributed by atoms with Gasteiger partial charge in [-0.1, -0.05) is 18.2 Å². The number of carbonyl (C=O) groups is 1. The smallest absolute Gasteiger partial charge is 0.416 e. The van der Waals surface area contributed by atoms with Gasteiger partial charge in [0, 0.05) is 31.6 Å². The SMILES string of the molecule is O=C(c1cccc(C(F)(F)F)c1)N1CCc2nc(N3CCCCC3)nc(Oc3ccccc3F)c2C1. The van der Waals surface area contributed by atoms with Gasteiger partial charge in [-0.25, -0.2) is 9.37 Å². The molecule has 1 saturated heterocycles. The molecule has 2 aliphatic rings. The maximum Gasteiger partial charge on any atom is 0.416 e. The number of aromatic nitrogens is 2. The van der Waals surface area contributed by atoms with Crippen molar-refractivity contribution in [1.29, 1.82) is 0 Å². The van der Waals surface area contributed by atoms with Gasteiger partial charge in [-0.3, -0.25) is 4.79 Å². The zero-order valence-electron chi connectivity index (χ0n) is 19.4. The number of halogens is 4. The molecule has 0 spiro atoms. The maximum absolute atomic E-state index is 14.4. The van der Waals surface area contributed by atoms with Crippen LogP contribution in [-0.4, -0.2) is 40.4 Å². The van der Waals surface area contributed by atoms with E-state index in [-0.39, 0.29) is 30.3 Å². The number of anilines is 1. The van der Waals surface area contributed by atoms with Crippen molar-refractivity contribution in [3.8, 4) is 11.6 Å². The summed E-state index contributed by atoms with van der Waals surface area (Å²) in [5, 5.41) is 0. The number of fused-ring (bicyclic) bond motifs is 1. The molecule has 5 rings (SSSR count). The second-order valence-corrected chi connectivity index (χ2v) is 8.89. The van der Waals surface area contributed by atoms with E-state index in [1.807, 2.05) is 0 Å². The Kier molecular flexibility index (Phi) is 6.51. The first-order valence-corrected chi connectivity index (χ1v) is 11.8. The van der Waals surface area contributed by atoms with Crippen molar-refractivity contribution >= 4 is 11.9 Å². The van der Waals surface area contributed by atoms with E-state index in [4.69, 9.17) is 9.72 Å². The topological polar surface area (TPSA) is 58.6 Å². The third-order valence-corrected chi connectivity index (χ3v) is 6.42. The molecular weight excluding hydrogens is 476 g/mol. The lowest BCUT2D eigenvalue weighted by Gasteiger charge is -2.32. The second kappa shape index (κ2) is 9.75. The average Bonchev–Trinajstić information content (AvgIpc) is 2.89. The number of ether oxygens (including phenoxy) is 1. The van der Waals surface area contributed by atoms with Crippen molar-refractivity contribution < 1.29 is 27.1 Å². The van der Waals surface area contributed by atoms with Crippen molar-refractivity contribution in [2.24, 2.45) is 0 Å². The molecule has 0 unspecified atom stereocenters. The van der Waals surface area contributed by atoms with Gasteiger partial charge < -0.3 is 14.5 Å². The fraction of sp³-hybridized carbons (Fsp3) is 0.346. The number of amides is 1.